The minimum Gasteiger partial charge on any atom is -0.394 e. The monoisotopic (exact) mass is 225 g/mol. The Morgan fingerprint density at radius 3 is 2.69 bits per heavy atom. The van der Waals surface area contributed by atoms with Gasteiger partial charge in [0.25, 0.3) is 0 Å². The molecule has 0 radical (unpaired) electrons. The fourth-order valence-electron chi connectivity index (χ4n) is 1.84. The molecular weight excluding hydrogens is 202 g/mol. The molecule has 1 rings (SSSR count). The third kappa shape index (κ3) is 3.94. The molecule has 2 N–H and O–H groups in total. The number of aliphatic hydroxyl groups is 1. The van der Waals surface area contributed by atoms with Gasteiger partial charge < -0.3 is 10.4 Å². The number of nitrogens with zero attached hydrogens (tertiary/aromatic N) is 2. The van der Waals surface area contributed by atoms with Gasteiger partial charge in [0, 0.05) is 24.3 Å². The Bertz CT molecular complexity index is 322. The first kappa shape index (κ1) is 13.2. The fraction of sp³-hybridized carbons (Fsp3) is 0.750. The summed E-state index contributed by atoms with van der Waals surface area (Å²) >= 11 is 0. The Hall–Kier alpha value is -0.870. The summed E-state index contributed by atoms with van der Waals surface area (Å²) in [6.45, 7) is 9.22. The van der Waals surface area contributed by atoms with Crippen molar-refractivity contribution in [3.8, 4) is 0 Å². The summed E-state index contributed by atoms with van der Waals surface area (Å²) in [7, 11) is 0. The topological polar surface area (TPSA) is 50.1 Å². The molecular formula is C12H23N3O. The van der Waals surface area contributed by atoms with Crippen LogP contribution in [0.2, 0.25) is 0 Å². The van der Waals surface area contributed by atoms with Crippen LogP contribution in [-0.2, 0) is 6.54 Å². The van der Waals surface area contributed by atoms with E-state index in [-0.39, 0.29) is 12.1 Å². The van der Waals surface area contributed by atoms with E-state index in [0.717, 1.165) is 13.0 Å². The van der Waals surface area contributed by atoms with Gasteiger partial charge >= 0.3 is 0 Å². The number of aliphatic hydroxyl groups excluding tert-OH is 1. The van der Waals surface area contributed by atoms with E-state index in [4.69, 9.17) is 0 Å². The van der Waals surface area contributed by atoms with Crippen molar-refractivity contribution in [3.63, 3.8) is 0 Å². The first-order valence-corrected chi connectivity index (χ1v) is 5.83. The minimum absolute atomic E-state index is 0.144. The van der Waals surface area contributed by atoms with Crippen molar-refractivity contribution in [2.45, 2.75) is 52.2 Å². The van der Waals surface area contributed by atoms with E-state index in [1.54, 1.807) is 0 Å². The smallest absolute Gasteiger partial charge is 0.0611 e. The van der Waals surface area contributed by atoms with Crippen molar-refractivity contribution in [1.29, 1.82) is 0 Å². The van der Waals surface area contributed by atoms with Crippen LogP contribution in [0.5, 0.6) is 0 Å². The van der Waals surface area contributed by atoms with E-state index < -0.39 is 0 Å². The summed E-state index contributed by atoms with van der Waals surface area (Å²) in [5.74, 6) is 0. The number of nitrogens with one attached hydrogen (secondary N) is 1. The van der Waals surface area contributed by atoms with E-state index in [0.29, 0.717) is 6.04 Å². The number of hydrogen-bond acceptors (Lipinski definition) is 3. The molecule has 1 aromatic rings. The zero-order valence-corrected chi connectivity index (χ0v) is 10.7. The van der Waals surface area contributed by atoms with Crippen LogP contribution in [0.25, 0.3) is 0 Å². The van der Waals surface area contributed by atoms with Gasteiger partial charge in [-0.15, -0.1) is 0 Å². The average Bonchev–Trinajstić information content (AvgIpc) is 2.60. The lowest BCUT2D eigenvalue weighted by molar-refractivity contribution is 0.151. The van der Waals surface area contributed by atoms with E-state index in [9.17, 15) is 5.11 Å². The van der Waals surface area contributed by atoms with Crippen molar-refractivity contribution < 1.29 is 5.11 Å². The molecule has 1 heterocycles. The van der Waals surface area contributed by atoms with Gasteiger partial charge in [0.05, 0.1) is 12.8 Å². The summed E-state index contributed by atoms with van der Waals surface area (Å²) in [6, 6.07) is 0.372. The van der Waals surface area contributed by atoms with Crippen LogP contribution in [0.4, 0.5) is 0 Å². The van der Waals surface area contributed by atoms with Gasteiger partial charge in [0.2, 0.25) is 0 Å². The van der Waals surface area contributed by atoms with Crippen molar-refractivity contribution in [2.24, 2.45) is 0 Å². The van der Waals surface area contributed by atoms with Crippen molar-refractivity contribution in [2.75, 3.05) is 6.61 Å². The second-order valence-electron chi connectivity index (χ2n) is 5.05. The molecule has 0 aliphatic heterocycles. The highest BCUT2D eigenvalue weighted by atomic mass is 16.3. The minimum atomic E-state index is -0.228. The lowest BCUT2D eigenvalue weighted by Gasteiger charge is -2.31. The number of hydrogen-bond donors (Lipinski definition) is 2. The molecule has 1 atom stereocenters. The largest absolute Gasteiger partial charge is 0.394 e. The van der Waals surface area contributed by atoms with Crippen LogP contribution in [-0.4, -0.2) is 33.1 Å². The zero-order valence-electron chi connectivity index (χ0n) is 10.7. The summed E-state index contributed by atoms with van der Waals surface area (Å²) < 4.78 is 1.92. The number of aryl methyl sites for hydroxylation is 2. The molecule has 0 saturated heterocycles. The van der Waals surface area contributed by atoms with E-state index in [1.807, 2.05) is 30.9 Å². The Labute approximate surface area is 97.7 Å². The summed E-state index contributed by atoms with van der Waals surface area (Å²) in [5.41, 5.74) is 0.941. The van der Waals surface area contributed by atoms with E-state index in [2.05, 4.69) is 24.3 Å². The zero-order chi connectivity index (χ0) is 12.2. The molecule has 0 fully saturated rings. The van der Waals surface area contributed by atoms with Crippen LogP contribution >= 0.6 is 0 Å². The molecule has 0 aliphatic carbocycles. The van der Waals surface area contributed by atoms with Gasteiger partial charge in [-0.25, -0.2) is 0 Å². The highest BCUT2D eigenvalue weighted by molar-refractivity contribution is 4.99. The predicted octanol–water partition coefficient (Wildman–Crippen LogP) is 1.33. The molecule has 0 spiro atoms. The molecule has 1 unspecified atom stereocenters. The van der Waals surface area contributed by atoms with E-state index >= 15 is 0 Å². The Balaban J connectivity index is 2.50. The molecule has 0 saturated carbocycles. The molecule has 4 nitrogen and oxygen atoms in total. The van der Waals surface area contributed by atoms with Crippen LogP contribution in [0, 0.1) is 6.92 Å². The van der Waals surface area contributed by atoms with Gasteiger partial charge in [0.1, 0.15) is 0 Å². The predicted molar refractivity (Wildman–Crippen MR) is 65.3 cm³/mol. The van der Waals surface area contributed by atoms with Crippen molar-refractivity contribution in [3.05, 3.63) is 18.0 Å². The maximum Gasteiger partial charge on any atom is 0.0611 e. The lowest BCUT2D eigenvalue weighted by atomic mass is 9.98. The van der Waals surface area contributed by atoms with Gasteiger partial charge in [-0.1, -0.05) is 13.8 Å². The Morgan fingerprint density at radius 1 is 1.56 bits per heavy atom. The fourth-order valence-corrected chi connectivity index (χ4v) is 1.84. The highest BCUT2D eigenvalue weighted by Crippen LogP contribution is 2.11. The molecule has 16 heavy (non-hydrogen) atoms. The van der Waals surface area contributed by atoms with Gasteiger partial charge in [-0.2, -0.15) is 5.10 Å². The van der Waals surface area contributed by atoms with Crippen molar-refractivity contribution >= 4 is 0 Å². The third-order valence-electron chi connectivity index (χ3n) is 2.64. The number of rotatable bonds is 6. The molecule has 4 heteroatoms. The molecule has 1 aromatic heterocycles. The summed E-state index contributed by atoms with van der Waals surface area (Å²) in [5, 5.41) is 17.1. The summed E-state index contributed by atoms with van der Waals surface area (Å²) in [6.07, 6.45) is 4.74. The van der Waals surface area contributed by atoms with Crippen LogP contribution < -0.4 is 5.32 Å². The molecule has 0 bridgehead atoms. The maximum atomic E-state index is 9.43. The second-order valence-corrected chi connectivity index (χ2v) is 5.05. The van der Waals surface area contributed by atoms with Crippen molar-refractivity contribution in [1.82, 2.24) is 15.1 Å². The molecule has 0 amide bonds. The molecule has 0 aromatic carbocycles. The standard InChI is InChI=1S/C12H23N3O/c1-10(2)14-12(4,9-16)5-6-15-8-11(3)7-13-15/h7-8,10,14,16H,5-6,9H2,1-4H3. The second kappa shape index (κ2) is 5.46. The first-order valence-electron chi connectivity index (χ1n) is 5.83. The molecule has 92 valence electrons. The quantitative estimate of drug-likeness (QED) is 0.768. The van der Waals surface area contributed by atoms with Crippen LogP contribution in [0.15, 0.2) is 12.4 Å². The van der Waals surface area contributed by atoms with Gasteiger partial charge in [-0.3, -0.25) is 4.68 Å². The Kier molecular flexibility index (Phi) is 4.50. The van der Waals surface area contributed by atoms with E-state index in [1.165, 1.54) is 5.56 Å². The van der Waals surface area contributed by atoms with Crippen LogP contribution in [0.1, 0.15) is 32.8 Å². The average molecular weight is 225 g/mol. The lowest BCUT2D eigenvalue weighted by Crippen LogP contribution is -2.49. The molecule has 0 aliphatic rings. The number of aromatic nitrogens is 2. The first-order chi connectivity index (χ1) is 7.45. The van der Waals surface area contributed by atoms with Crippen LogP contribution in [0.3, 0.4) is 0 Å². The van der Waals surface area contributed by atoms with Gasteiger partial charge in [0.15, 0.2) is 0 Å². The summed E-state index contributed by atoms with van der Waals surface area (Å²) in [4.78, 5) is 0. The highest BCUT2D eigenvalue weighted by Gasteiger charge is 2.23. The maximum absolute atomic E-state index is 9.43. The normalized spacial score (nSPS) is 15.4. The Morgan fingerprint density at radius 2 is 2.25 bits per heavy atom. The SMILES string of the molecule is Cc1cnn(CCC(C)(CO)NC(C)C)c1. The third-order valence-corrected chi connectivity index (χ3v) is 2.64. The van der Waals surface area contributed by atoms with Gasteiger partial charge in [-0.05, 0) is 25.8 Å².